The van der Waals surface area contributed by atoms with E-state index in [1.54, 1.807) is 0 Å². The van der Waals surface area contributed by atoms with Crippen LogP contribution in [0.1, 0.15) is 57.1 Å². The van der Waals surface area contributed by atoms with Gasteiger partial charge in [-0.25, -0.2) is 0 Å². The summed E-state index contributed by atoms with van der Waals surface area (Å²) >= 11 is 0. The Hall–Kier alpha value is -0.915. The van der Waals surface area contributed by atoms with Crippen molar-refractivity contribution >= 4 is 13.3 Å². The van der Waals surface area contributed by atoms with E-state index in [-0.39, 0.29) is 6.10 Å². The summed E-state index contributed by atoms with van der Waals surface area (Å²) in [5.74, 6) is 1.01. The molecule has 0 bridgehead atoms. The number of benzene rings is 1. The van der Waals surface area contributed by atoms with Crippen molar-refractivity contribution in [3.63, 3.8) is 0 Å². The van der Waals surface area contributed by atoms with Crippen molar-refractivity contribution in [2.45, 2.75) is 65.9 Å². The van der Waals surface area contributed by atoms with Crippen molar-refractivity contribution in [3.8, 4) is 5.75 Å². The molecular formula is C16H25BO. The average molecular weight is 244 g/mol. The first-order valence-electron chi connectivity index (χ1n) is 7.08. The van der Waals surface area contributed by atoms with Crippen LogP contribution in [0.2, 0.25) is 0 Å². The number of aryl methyl sites for hydroxylation is 2. The fourth-order valence-corrected chi connectivity index (χ4v) is 2.29. The SMILES string of the molecule is [B]c1cc(C)c(O[C@H](C)CCCCCC)c(C)c1. The highest BCUT2D eigenvalue weighted by molar-refractivity contribution is 6.32. The van der Waals surface area contributed by atoms with Gasteiger partial charge in [0, 0.05) is 0 Å². The van der Waals surface area contributed by atoms with Gasteiger partial charge in [0.15, 0.2) is 0 Å². The Morgan fingerprint density at radius 3 is 2.28 bits per heavy atom. The van der Waals surface area contributed by atoms with E-state index < -0.39 is 0 Å². The molecule has 0 aliphatic carbocycles. The van der Waals surface area contributed by atoms with Crippen LogP contribution in [0.25, 0.3) is 0 Å². The van der Waals surface area contributed by atoms with Crippen LogP contribution < -0.4 is 10.2 Å². The summed E-state index contributed by atoms with van der Waals surface area (Å²) in [6, 6.07) is 3.96. The van der Waals surface area contributed by atoms with Crippen molar-refractivity contribution in [1.29, 1.82) is 0 Å². The minimum Gasteiger partial charge on any atom is -0.490 e. The monoisotopic (exact) mass is 244 g/mol. The number of hydrogen-bond acceptors (Lipinski definition) is 1. The number of rotatable bonds is 7. The van der Waals surface area contributed by atoms with E-state index in [1.165, 1.54) is 25.7 Å². The Labute approximate surface area is 113 Å². The number of unbranched alkanes of at least 4 members (excludes halogenated alkanes) is 3. The molecule has 0 aromatic heterocycles. The van der Waals surface area contributed by atoms with Gasteiger partial charge in [-0.05, 0) is 44.7 Å². The molecule has 2 radical (unpaired) electrons. The summed E-state index contributed by atoms with van der Waals surface area (Å²) in [6.07, 6.45) is 6.58. The third kappa shape index (κ3) is 4.76. The first-order chi connectivity index (χ1) is 8.54. The van der Waals surface area contributed by atoms with Gasteiger partial charge in [-0.15, -0.1) is 0 Å². The average Bonchev–Trinajstić information content (AvgIpc) is 2.29. The molecule has 0 unspecified atom stereocenters. The topological polar surface area (TPSA) is 9.23 Å². The molecule has 1 aromatic carbocycles. The van der Waals surface area contributed by atoms with Gasteiger partial charge in [0.2, 0.25) is 0 Å². The van der Waals surface area contributed by atoms with Gasteiger partial charge in [-0.2, -0.15) is 0 Å². The van der Waals surface area contributed by atoms with E-state index in [0.29, 0.717) is 0 Å². The molecule has 0 fully saturated rings. The molecule has 1 atom stereocenters. The molecule has 0 aliphatic heterocycles. The molecule has 0 amide bonds. The van der Waals surface area contributed by atoms with Crippen LogP contribution >= 0.6 is 0 Å². The molecule has 1 aromatic rings. The van der Waals surface area contributed by atoms with Gasteiger partial charge in [0.1, 0.15) is 13.6 Å². The smallest absolute Gasteiger partial charge is 0.125 e. The van der Waals surface area contributed by atoms with E-state index in [0.717, 1.165) is 28.8 Å². The van der Waals surface area contributed by atoms with Crippen molar-refractivity contribution < 1.29 is 4.74 Å². The number of hydrogen-bond donors (Lipinski definition) is 0. The predicted molar refractivity (Wildman–Crippen MR) is 80.2 cm³/mol. The highest BCUT2D eigenvalue weighted by Crippen LogP contribution is 2.23. The van der Waals surface area contributed by atoms with Gasteiger partial charge in [-0.1, -0.05) is 43.8 Å². The predicted octanol–water partition coefficient (Wildman–Crippen LogP) is 3.83. The molecule has 2 heteroatoms. The molecule has 0 aliphatic rings. The standard InChI is InChI=1S/C16H25BO/c1-5-6-7-8-9-14(4)18-16-12(2)10-15(17)11-13(16)3/h10-11,14H,5-9H2,1-4H3/t14-/m1/s1. The third-order valence-corrected chi connectivity index (χ3v) is 3.27. The Kier molecular flexibility index (Phi) is 6.31. The maximum absolute atomic E-state index is 6.06. The summed E-state index contributed by atoms with van der Waals surface area (Å²) in [4.78, 5) is 0. The van der Waals surface area contributed by atoms with Crippen LogP contribution in [0, 0.1) is 13.8 Å². The quantitative estimate of drug-likeness (QED) is 0.523. The summed E-state index contributed by atoms with van der Waals surface area (Å²) in [5.41, 5.74) is 3.08. The lowest BCUT2D eigenvalue weighted by Gasteiger charge is -2.19. The molecule has 0 N–H and O–H groups in total. The van der Waals surface area contributed by atoms with Gasteiger partial charge >= 0.3 is 0 Å². The molecule has 1 nitrogen and oxygen atoms in total. The number of ether oxygens (including phenoxy) is 1. The molecule has 0 saturated heterocycles. The minimum absolute atomic E-state index is 0.280. The lowest BCUT2D eigenvalue weighted by molar-refractivity contribution is 0.204. The van der Waals surface area contributed by atoms with E-state index in [2.05, 4.69) is 27.7 Å². The van der Waals surface area contributed by atoms with Crippen LogP contribution in [0.5, 0.6) is 5.75 Å². The largest absolute Gasteiger partial charge is 0.490 e. The van der Waals surface area contributed by atoms with Gasteiger partial charge in [0.05, 0.1) is 6.10 Å². The summed E-state index contributed by atoms with van der Waals surface area (Å²) in [5, 5.41) is 0. The second-order valence-electron chi connectivity index (χ2n) is 5.26. The Morgan fingerprint density at radius 1 is 1.11 bits per heavy atom. The first kappa shape index (κ1) is 15.1. The fourth-order valence-electron chi connectivity index (χ4n) is 2.29. The Morgan fingerprint density at radius 2 is 1.72 bits per heavy atom. The maximum atomic E-state index is 6.06. The second-order valence-corrected chi connectivity index (χ2v) is 5.26. The van der Waals surface area contributed by atoms with Crippen molar-refractivity contribution in [2.24, 2.45) is 0 Å². The van der Waals surface area contributed by atoms with Crippen LogP contribution in [-0.4, -0.2) is 14.0 Å². The lowest BCUT2D eigenvalue weighted by atomic mass is 9.92. The highest BCUT2D eigenvalue weighted by atomic mass is 16.5. The van der Waals surface area contributed by atoms with Crippen molar-refractivity contribution in [1.82, 2.24) is 0 Å². The molecule has 0 spiro atoms. The Bertz CT molecular complexity index is 350. The second kappa shape index (κ2) is 7.50. The normalized spacial score (nSPS) is 12.4. The van der Waals surface area contributed by atoms with Gasteiger partial charge < -0.3 is 4.74 Å². The molecule has 1 rings (SSSR count). The van der Waals surface area contributed by atoms with E-state index in [1.807, 2.05) is 12.1 Å². The summed E-state index contributed by atoms with van der Waals surface area (Å²) < 4.78 is 6.06. The summed E-state index contributed by atoms with van der Waals surface area (Å²) in [7, 11) is 5.82. The zero-order valence-electron chi connectivity index (χ0n) is 12.3. The lowest BCUT2D eigenvalue weighted by Crippen LogP contribution is -2.15. The fraction of sp³-hybridized carbons (Fsp3) is 0.625. The molecule has 98 valence electrons. The van der Waals surface area contributed by atoms with Crippen LogP contribution in [0.3, 0.4) is 0 Å². The summed E-state index contributed by atoms with van der Waals surface area (Å²) in [6.45, 7) is 8.51. The first-order valence-corrected chi connectivity index (χ1v) is 7.08. The molecule has 0 saturated carbocycles. The van der Waals surface area contributed by atoms with E-state index in [4.69, 9.17) is 12.6 Å². The molecular weight excluding hydrogens is 219 g/mol. The third-order valence-electron chi connectivity index (χ3n) is 3.27. The minimum atomic E-state index is 0.280. The molecule has 18 heavy (non-hydrogen) atoms. The zero-order chi connectivity index (χ0) is 13.5. The van der Waals surface area contributed by atoms with E-state index >= 15 is 0 Å². The van der Waals surface area contributed by atoms with E-state index in [9.17, 15) is 0 Å². The van der Waals surface area contributed by atoms with Crippen LogP contribution in [0.15, 0.2) is 12.1 Å². The van der Waals surface area contributed by atoms with Crippen LogP contribution in [0.4, 0.5) is 0 Å². The Balaban J connectivity index is 2.51. The van der Waals surface area contributed by atoms with Crippen molar-refractivity contribution in [2.75, 3.05) is 0 Å². The van der Waals surface area contributed by atoms with Crippen molar-refractivity contribution in [3.05, 3.63) is 23.3 Å². The maximum Gasteiger partial charge on any atom is 0.125 e. The molecule has 0 heterocycles. The van der Waals surface area contributed by atoms with Gasteiger partial charge in [-0.3, -0.25) is 0 Å². The van der Waals surface area contributed by atoms with Gasteiger partial charge in [0.25, 0.3) is 0 Å². The highest BCUT2D eigenvalue weighted by Gasteiger charge is 2.09. The van der Waals surface area contributed by atoms with Crippen LogP contribution in [-0.2, 0) is 0 Å². The zero-order valence-corrected chi connectivity index (χ0v) is 12.3.